The number of carbonyl (C=O) groups is 1. The van der Waals surface area contributed by atoms with Crippen LogP contribution in [0.2, 0.25) is 0 Å². The first kappa shape index (κ1) is 14.6. The summed E-state index contributed by atoms with van der Waals surface area (Å²) in [6.07, 6.45) is 0.0149. The lowest BCUT2D eigenvalue weighted by Crippen LogP contribution is -2.24. The number of benzene rings is 1. The molecule has 1 atom stereocenters. The number of nitrogens with one attached hydrogen (secondary N) is 1. The summed E-state index contributed by atoms with van der Waals surface area (Å²) in [7, 11) is -2.04. The molecule has 1 unspecified atom stereocenters. The summed E-state index contributed by atoms with van der Waals surface area (Å²) in [6, 6.07) is 8.72. The molecule has 0 heterocycles. The zero-order valence-electron chi connectivity index (χ0n) is 10.00. The van der Waals surface area contributed by atoms with Crippen LogP contribution < -0.4 is 10.2 Å². The van der Waals surface area contributed by atoms with E-state index in [4.69, 9.17) is 4.89 Å². The van der Waals surface area contributed by atoms with E-state index in [-0.39, 0.29) is 12.8 Å². The van der Waals surface area contributed by atoms with E-state index in [1.54, 1.807) is 31.2 Å². The van der Waals surface area contributed by atoms with Gasteiger partial charge in [0.25, 0.3) is 0 Å². The van der Waals surface area contributed by atoms with E-state index < -0.39 is 14.0 Å². The molecule has 0 aliphatic carbocycles. The van der Waals surface area contributed by atoms with Crippen molar-refractivity contribution in [2.45, 2.75) is 6.92 Å². The van der Waals surface area contributed by atoms with Crippen LogP contribution in [0, 0.1) is 0 Å². The molecule has 0 aliphatic heterocycles. The molecule has 18 heavy (non-hydrogen) atoms. The van der Waals surface area contributed by atoms with Gasteiger partial charge in [0.05, 0.1) is 17.8 Å². The second-order valence-corrected chi connectivity index (χ2v) is 4.32. The van der Waals surface area contributed by atoms with Gasteiger partial charge in [0.15, 0.2) is 5.75 Å². The Morgan fingerprint density at radius 2 is 2.06 bits per heavy atom. The molecule has 0 radical (unpaired) electrons. The van der Waals surface area contributed by atoms with Crippen molar-refractivity contribution in [3.8, 4) is 5.75 Å². The summed E-state index contributed by atoms with van der Waals surface area (Å²) in [5, 5.41) is 2.64. The number of rotatable bonds is 8. The minimum atomic E-state index is -2.04. The number of esters is 1. The molecule has 1 N–H and O–H groups in total. The molecule has 0 spiro atoms. The number of carbonyl (C=O) groups excluding carboxylic acids is 1. The molecule has 0 bridgehead atoms. The van der Waals surface area contributed by atoms with Crippen molar-refractivity contribution >= 4 is 14.0 Å². The van der Waals surface area contributed by atoms with Gasteiger partial charge in [-0.2, -0.15) is 0 Å². The van der Waals surface area contributed by atoms with Crippen LogP contribution in [0.3, 0.4) is 0 Å². The average Bonchev–Trinajstić information content (AvgIpc) is 2.38. The first-order chi connectivity index (χ1) is 8.72. The zero-order valence-corrected chi connectivity index (χ0v) is 10.9. The topological polar surface area (TPSA) is 73.9 Å². The first-order valence-electron chi connectivity index (χ1n) is 5.43. The smallest absolute Gasteiger partial charge is 0.465 e. The summed E-state index contributed by atoms with van der Waals surface area (Å²) in [5.74, 6) is 0.0659. The molecule has 1 aromatic carbocycles. The Bertz CT molecular complexity index is 384. The fourth-order valence-electron chi connectivity index (χ4n) is 1.05. The highest BCUT2D eigenvalue weighted by atomic mass is 31.1. The highest BCUT2D eigenvalue weighted by Crippen LogP contribution is 2.22. The second-order valence-electron chi connectivity index (χ2n) is 3.19. The van der Waals surface area contributed by atoms with Crippen LogP contribution in [0.5, 0.6) is 5.75 Å². The molecule has 0 aliphatic rings. The highest BCUT2D eigenvalue weighted by Gasteiger charge is 2.20. The maximum atomic E-state index is 11.3. The van der Waals surface area contributed by atoms with E-state index in [0.717, 1.165) is 0 Å². The van der Waals surface area contributed by atoms with Gasteiger partial charge >= 0.3 is 14.0 Å². The molecule has 6 nitrogen and oxygen atoms in total. The Morgan fingerprint density at radius 1 is 1.33 bits per heavy atom. The lowest BCUT2D eigenvalue weighted by Gasteiger charge is -1.99. The van der Waals surface area contributed by atoms with Gasteiger partial charge < -0.3 is 4.74 Å². The Morgan fingerprint density at radius 3 is 2.72 bits per heavy atom. The predicted octanol–water partition coefficient (Wildman–Crippen LogP) is 1.85. The van der Waals surface area contributed by atoms with E-state index in [1.165, 1.54) is 0 Å². The normalized spacial score (nSPS) is 10.8. The van der Waals surface area contributed by atoms with Crippen LogP contribution in [0.15, 0.2) is 30.3 Å². The van der Waals surface area contributed by atoms with Crippen molar-refractivity contribution in [2.24, 2.45) is 0 Å². The summed E-state index contributed by atoms with van der Waals surface area (Å²) in [4.78, 5) is 15.8. The minimum absolute atomic E-state index is 0.0103. The molecule has 1 aromatic rings. The fourth-order valence-corrected chi connectivity index (χ4v) is 1.56. The standard InChI is InChI=1S/C11H15NO5P/c1-2-15-11(13)8-12-9-18(14)17-16-10-6-4-3-5-7-10/h3-7,12H,2,8-9H2,1H3/q+1. The maximum absolute atomic E-state index is 11.3. The van der Waals surface area contributed by atoms with Crippen molar-refractivity contribution in [3.63, 3.8) is 0 Å². The van der Waals surface area contributed by atoms with Crippen molar-refractivity contribution < 1.29 is 23.7 Å². The van der Waals surface area contributed by atoms with E-state index in [2.05, 4.69) is 14.7 Å². The Hall–Kier alpha value is -1.49. The summed E-state index contributed by atoms with van der Waals surface area (Å²) in [6.45, 7) is 2.03. The van der Waals surface area contributed by atoms with Crippen molar-refractivity contribution in [1.82, 2.24) is 5.32 Å². The summed E-state index contributed by atoms with van der Waals surface area (Å²) in [5.41, 5.74) is 0. The third-order valence-electron chi connectivity index (χ3n) is 1.78. The van der Waals surface area contributed by atoms with E-state index in [1.807, 2.05) is 6.07 Å². The van der Waals surface area contributed by atoms with Crippen LogP contribution >= 0.6 is 8.03 Å². The minimum Gasteiger partial charge on any atom is -0.465 e. The molecule has 0 saturated carbocycles. The van der Waals surface area contributed by atoms with E-state index >= 15 is 0 Å². The molecule has 0 aromatic heterocycles. The molecule has 0 amide bonds. The third-order valence-corrected chi connectivity index (χ3v) is 2.50. The summed E-state index contributed by atoms with van der Waals surface area (Å²) < 4.78 is 20.7. The zero-order chi connectivity index (χ0) is 13.2. The van der Waals surface area contributed by atoms with Crippen molar-refractivity contribution in [1.29, 1.82) is 0 Å². The molecule has 0 saturated heterocycles. The van der Waals surface area contributed by atoms with Gasteiger partial charge in [-0.25, -0.2) is 0 Å². The number of ether oxygens (including phenoxy) is 1. The van der Waals surface area contributed by atoms with Crippen LogP contribution in [0.1, 0.15) is 6.92 Å². The van der Waals surface area contributed by atoms with Crippen LogP contribution in [-0.4, -0.2) is 25.4 Å². The van der Waals surface area contributed by atoms with Crippen LogP contribution in [0.4, 0.5) is 0 Å². The number of para-hydroxylation sites is 1. The molecule has 0 fully saturated rings. The fraction of sp³-hybridized carbons (Fsp3) is 0.364. The SMILES string of the molecule is CCOC(=O)CNC[P+](=O)OOc1ccccc1. The molecule has 1 rings (SSSR count). The molecular formula is C11H15NO5P+. The van der Waals surface area contributed by atoms with Gasteiger partial charge in [0.2, 0.25) is 6.29 Å². The summed E-state index contributed by atoms with van der Waals surface area (Å²) >= 11 is 0. The van der Waals surface area contributed by atoms with E-state index in [0.29, 0.717) is 12.4 Å². The van der Waals surface area contributed by atoms with Crippen molar-refractivity contribution in [3.05, 3.63) is 30.3 Å². The largest absolute Gasteiger partial charge is 0.568 e. The number of hydrogen-bond acceptors (Lipinski definition) is 6. The molecule has 7 heteroatoms. The molecular weight excluding hydrogens is 257 g/mol. The quantitative estimate of drug-likeness (QED) is 0.337. The average molecular weight is 272 g/mol. The molecule has 98 valence electrons. The van der Waals surface area contributed by atoms with Gasteiger partial charge in [-0.15, -0.1) is 0 Å². The Kier molecular flexibility index (Phi) is 6.94. The Balaban J connectivity index is 2.13. The van der Waals surface area contributed by atoms with Gasteiger partial charge in [-0.05, 0) is 23.6 Å². The van der Waals surface area contributed by atoms with Gasteiger partial charge in [0.1, 0.15) is 0 Å². The lowest BCUT2D eigenvalue weighted by molar-refractivity contribution is -0.141. The highest BCUT2D eigenvalue weighted by molar-refractivity contribution is 7.38. The van der Waals surface area contributed by atoms with Gasteiger partial charge in [0, 0.05) is 0 Å². The van der Waals surface area contributed by atoms with Crippen LogP contribution in [-0.2, 0) is 18.8 Å². The second kappa shape index (κ2) is 8.58. The van der Waals surface area contributed by atoms with E-state index in [9.17, 15) is 9.36 Å². The van der Waals surface area contributed by atoms with Crippen LogP contribution in [0.25, 0.3) is 0 Å². The Labute approximate surface area is 106 Å². The monoisotopic (exact) mass is 272 g/mol. The van der Waals surface area contributed by atoms with Gasteiger partial charge in [-0.3, -0.25) is 15.0 Å². The number of hydrogen-bond donors (Lipinski definition) is 1. The van der Waals surface area contributed by atoms with Crippen molar-refractivity contribution in [2.75, 3.05) is 19.4 Å². The van der Waals surface area contributed by atoms with Gasteiger partial charge in [-0.1, -0.05) is 18.2 Å². The predicted molar refractivity (Wildman–Crippen MR) is 65.3 cm³/mol. The lowest BCUT2D eigenvalue weighted by atomic mass is 10.3. The maximum Gasteiger partial charge on any atom is 0.568 e. The third kappa shape index (κ3) is 6.30. The first-order valence-corrected chi connectivity index (χ1v) is 6.79.